The summed E-state index contributed by atoms with van der Waals surface area (Å²) in [6.45, 7) is 8.76. The third kappa shape index (κ3) is 8.12. The largest absolute Gasteiger partial charge is 0.330 e. The normalized spacial score (nSPS) is 18.1. The highest BCUT2D eigenvalue weighted by Gasteiger charge is 2.33. The Morgan fingerprint density at radius 2 is 1.00 bits per heavy atom. The van der Waals surface area contributed by atoms with E-state index in [9.17, 15) is 0 Å². The molecule has 1 heterocycles. The summed E-state index contributed by atoms with van der Waals surface area (Å²) in [5.41, 5.74) is 11.1. The molecule has 2 N–H and O–H groups in total. The van der Waals surface area contributed by atoms with Gasteiger partial charge >= 0.3 is 0 Å². The number of nitrogens with two attached hydrogens (primary N) is 1. The summed E-state index contributed by atoms with van der Waals surface area (Å²) in [5, 5.41) is 0. The average Bonchev–Trinajstić information content (AvgIpc) is 2.99. The Morgan fingerprint density at radius 1 is 0.641 bits per heavy atom. The molecule has 0 bridgehead atoms. The summed E-state index contributed by atoms with van der Waals surface area (Å²) < 4.78 is 0. The van der Waals surface area contributed by atoms with Crippen LogP contribution < -0.4 is 5.73 Å². The molecule has 1 fully saturated rings. The summed E-state index contributed by atoms with van der Waals surface area (Å²) >= 11 is 3.69. The van der Waals surface area contributed by atoms with Gasteiger partial charge in [-0.1, -0.05) is 137 Å². The van der Waals surface area contributed by atoms with Crippen molar-refractivity contribution in [3.63, 3.8) is 0 Å². The molecular weight excluding hydrogens is 542 g/mol. The first kappa shape index (κ1) is 29.2. The van der Waals surface area contributed by atoms with Crippen molar-refractivity contribution in [1.82, 2.24) is 9.80 Å². The number of nitrogens with zero attached hydrogens (tertiary/aromatic N) is 2. The maximum absolute atomic E-state index is 5.73. The van der Waals surface area contributed by atoms with Crippen LogP contribution in [0.15, 0.2) is 121 Å². The molecule has 1 aliphatic rings. The van der Waals surface area contributed by atoms with Crippen molar-refractivity contribution >= 4 is 15.9 Å². The van der Waals surface area contributed by atoms with E-state index < -0.39 is 0 Å². The Morgan fingerprint density at radius 3 is 1.36 bits per heavy atom. The van der Waals surface area contributed by atoms with Gasteiger partial charge in [-0.3, -0.25) is 9.80 Å². The Balaban J connectivity index is 0.000000212. The van der Waals surface area contributed by atoms with E-state index in [4.69, 9.17) is 5.73 Å². The number of hydrogen-bond acceptors (Lipinski definition) is 3. The maximum Gasteiger partial charge on any atom is 0.0644 e. The van der Waals surface area contributed by atoms with E-state index in [2.05, 4.69) is 149 Å². The van der Waals surface area contributed by atoms with Gasteiger partial charge in [0.15, 0.2) is 0 Å². The van der Waals surface area contributed by atoms with Gasteiger partial charge in [0.25, 0.3) is 0 Å². The van der Waals surface area contributed by atoms with Crippen LogP contribution in [0.2, 0.25) is 0 Å². The number of rotatable bonds is 8. The molecule has 0 saturated carbocycles. The Kier molecular flexibility index (Phi) is 11.3. The van der Waals surface area contributed by atoms with Gasteiger partial charge in [-0.25, -0.2) is 0 Å². The second-order valence-electron chi connectivity index (χ2n) is 10.4. The summed E-state index contributed by atoms with van der Waals surface area (Å²) in [6, 6.07) is 44.1. The second kappa shape index (κ2) is 15.1. The molecule has 204 valence electrons. The SMILES string of the molecule is BrC(c1ccccc1)c1ccccc1.C[C@@H]1CN(C(c2ccccc2)c2ccccc2)C[C@H](C)N1CCCN. The van der Waals surface area contributed by atoms with Crippen LogP contribution in [-0.4, -0.2) is 48.1 Å². The third-order valence-corrected chi connectivity index (χ3v) is 8.59. The molecule has 4 aromatic rings. The fraction of sp³-hybridized carbons (Fsp3) is 0.314. The van der Waals surface area contributed by atoms with Gasteiger partial charge in [0, 0.05) is 31.7 Å². The van der Waals surface area contributed by atoms with Crippen molar-refractivity contribution in [2.24, 2.45) is 5.73 Å². The first-order chi connectivity index (χ1) is 19.1. The minimum atomic E-state index is 0.296. The number of piperazine rings is 1. The van der Waals surface area contributed by atoms with Crippen LogP contribution in [0.25, 0.3) is 0 Å². The van der Waals surface area contributed by atoms with Crippen LogP contribution in [0.1, 0.15) is 53.4 Å². The summed E-state index contributed by atoms with van der Waals surface area (Å²) in [7, 11) is 0. The van der Waals surface area contributed by atoms with Crippen molar-refractivity contribution in [1.29, 1.82) is 0 Å². The van der Waals surface area contributed by atoms with Gasteiger partial charge in [-0.05, 0) is 49.1 Å². The quantitative estimate of drug-likeness (QED) is 0.216. The highest BCUT2D eigenvalue weighted by atomic mass is 79.9. The summed E-state index contributed by atoms with van der Waals surface area (Å²) in [4.78, 5) is 5.57. The highest BCUT2D eigenvalue weighted by Crippen LogP contribution is 2.32. The summed E-state index contributed by atoms with van der Waals surface area (Å²) in [5.74, 6) is 0. The zero-order valence-electron chi connectivity index (χ0n) is 23.2. The standard InChI is InChI=1S/C22H31N3.C13H11Br/c1-18-16-24(17-19(2)25(18)15-9-14-23)22(20-10-5-3-6-11-20)21-12-7-4-8-13-21;14-13(11-7-3-1-4-8-11)12-9-5-2-6-10-12/h3-8,10-13,18-19,22H,9,14-17,23H2,1-2H3;1-10,13H/t18-,19+;. The van der Waals surface area contributed by atoms with E-state index >= 15 is 0 Å². The molecule has 0 amide bonds. The average molecular weight is 585 g/mol. The molecule has 3 nitrogen and oxygen atoms in total. The van der Waals surface area contributed by atoms with E-state index in [0.29, 0.717) is 23.0 Å². The second-order valence-corrected chi connectivity index (χ2v) is 11.4. The van der Waals surface area contributed by atoms with Crippen molar-refractivity contribution in [2.45, 2.75) is 43.2 Å². The van der Waals surface area contributed by atoms with Gasteiger partial charge in [-0.2, -0.15) is 0 Å². The van der Waals surface area contributed by atoms with Crippen LogP contribution in [0.5, 0.6) is 0 Å². The van der Waals surface area contributed by atoms with Crippen molar-refractivity contribution in [3.8, 4) is 0 Å². The Hall–Kier alpha value is -2.76. The van der Waals surface area contributed by atoms with Crippen molar-refractivity contribution in [3.05, 3.63) is 144 Å². The zero-order chi connectivity index (χ0) is 27.5. The molecule has 1 saturated heterocycles. The molecule has 0 aliphatic carbocycles. The molecule has 39 heavy (non-hydrogen) atoms. The molecule has 0 spiro atoms. The topological polar surface area (TPSA) is 32.5 Å². The molecule has 0 aromatic heterocycles. The van der Waals surface area contributed by atoms with Crippen molar-refractivity contribution < 1.29 is 0 Å². The highest BCUT2D eigenvalue weighted by molar-refractivity contribution is 9.09. The fourth-order valence-electron chi connectivity index (χ4n) is 5.64. The molecule has 5 rings (SSSR count). The lowest BCUT2D eigenvalue weighted by Gasteiger charge is -2.47. The molecule has 1 aliphatic heterocycles. The van der Waals surface area contributed by atoms with E-state index in [1.54, 1.807) is 0 Å². The van der Waals surface area contributed by atoms with E-state index in [1.807, 2.05) is 12.1 Å². The molecule has 0 unspecified atom stereocenters. The van der Waals surface area contributed by atoms with Crippen LogP contribution in [0.4, 0.5) is 0 Å². The molecule has 4 aromatic carbocycles. The number of halogens is 1. The van der Waals surface area contributed by atoms with E-state index in [-0.39, 0.29) is 0 Å². The van der Waals surface area contributed by atoms with E-state index in [1.165, 1.54) is 22.3 Å². The van der Waals surface area contributed by atoms with Crippen molar-refractivity contribution in [2.75, 3.05) is 26.2 Å². The molecule has 2 atom stereocenters. The zero-order valence-corrected chi connectivity index (χ0v) is 24.8. The third-order valence-electron chi connectivity index (χ3n) is 7.53. The number of alkyl halides is 1. The van der Waals surface area contributed by atoms with Crippen LogP contribution in [0, 0.1) is 0 Å². The molecule has 4 heteroatoms. The molecular formula is C35H42BrN3. The first-order valence-electron chi connectivity index (χ1n) is 14.1. The van der Waals surface area contributed by atoms with Gasteiger partial charge in [0.1, 0.15) is 0 Å². The minimum Gasteiger partial charge on any atom is -0.330 e. The monoisotopic (exact) mass is 583 g/mol. The molecule has 0 radical (unpaired) electrons. The minimum absolute atomic E-state index is 0.296. The van der Waals surface area contributed by atoms with Gasteiger partial charge in [-0.15, -0.1) is 0 Å². The predicted molar refractivity (Wildman–Crippen MR) is 169 cm³/mol. The number of hydrogen-bond donors (Lipinski definition) is 1. The number of benzene rings is 4. The van der Waals surface area contributed by atoms with Gasteiger partial charge < -0.3 is 5.73 Å². The lowest BCUT2D eigenvalue weighted by Crippen LogP contribution is -2.57. The smallest absolute Gasteiger partial charge is 0.0644 e. The maximum atomic E-state index is 5.73. The van der Waals surface area contributed by atoms with Gasteiger partial charge in [0.2, 0.25) is 0 Å². The lowest BCUT2D eigenvalue weighted by atomic mass is 9.94. The summed E-state index contributed by atoms with van der Waals surface area (Å²) in [6.07, 6.45) is 1.08. The van der Waals surface area contributed by atoms with Crippen LogP contribution >= 0.6 is 15.9 Å². The Bertz CT molecular complexity index is 1110. The van der Waals surface area contributed by atoms with Gasteiger partial charge in [0.05, 0.1) is 10.9 Å². The van der Waals surface area contributed by atoms with Crippen LogP contribution in [0.3, 0.4) is 0 Å². The Labute approximate surface area is 243 Å². The lowest BCUT2D eigenvalue weighted by molar-refractivity contribution is 0.0238. The van der Waals surface area contributed by atoms with E-state index in [0.717, 1.165) is 32.6 Å². The predicted octanol–water partition coefficient (Wildman–Crippen LogP) is 7.69. The first-order valence-corrected chi connectivity index (χ1v) is 15.0. The fourth-order valence-corrected chi connectivity index (χ4v) is 6.25. The van der Waals surface area contributed by atoms with Crippen LogP contribution in [-0.2, 0) is 0 Å².